The monoisotopic (exact) mass is 764 g/mol. The lowest BCUT2D eigenvalue weighted by Gasteiger charge is -2.31. The molecule has 14 heteroatoms. The number of ketones is 1. The molecule has 302 valence electrons. The molecule has 3 fully saturated rings. The SMILES string of the molecule is C1CCCCC1.CC.CC.CCC.CCC(C)C(NC(=O)CNC(=O)c1cnccn1)C(=O)N1CCCC1C(=O)SN(CC)CC(=O)C(=O)NC1CC1. The molecular formula is C39H69N7O6S. The van der Waals surface area contributed by atoms with Gasteiger partial charge in [0.1, 0.15) is 17.8 Å². The number of hydrogen-bond donors (Lipinski definition) is 3. The highest BCUT2D eigenvalue weighted by Gasteiger charge is 2.40. The van der Waals surface area contributed by atoms with Crippen LogP contribution in [-0.4, -0.2) is 98.0 Å². The molecule has 1 saturated heterocycles. The molecule has 2 aliphatic carbocycles. The number of rotatable bonds is 14. The molecule has 3 N–H and O–H groups in total. The van der Waals surface area contributed by atoms with Crippen LogP contribution in [0.5, 0.6) is 0 Å². The van der Waals surface area contributed by atoms with Gasteiger partial charge in [0.2, 0.25) is 22.7 Å². The van der Waals surface area contributed by atoms with Crippen LogP contribution in [0.25, 0.3) is 0 Å². The zero-order chi connectivity index (χ0) is 40.2. The lowest BCUT2D eigenvalue weighted by Crippen LogP contribution is -2.55. The fourth-order valence-corrected chi connectivity index (χ4v) is 6.14. The smallest absolute Gasteiger partial charge is 0.289 e. The van der Waals surface area contributed by atoms with Crippen molar-refractivity contribution in [3.05, 3.63) is 24.3 Å². The van der Waals surface area contributed by atoms with Crippen LogP contribution in [0.4, 0.5) is 0 Å². The number of carbonyl (C=O) groups excluding carboxylic acids is 6. The third-order valence-electron chi connectivity index (χ3n) is 8.37. The van der Waals surface area contributed by atoms with Gasteiger partial charge in [-0.15, -0.1) is 0 Å². The number of nitrogens with one attached hydrogen (secondary N) is 3. The minimum Gasteiger partial charge on any atom is -0.347 e. The summed E-state index contributed by atoms with van der Waals surface area (Å²) in [5.74, 6) is -2.98. The van der Waals surface area contributed by atoms with Crippen molar-refractivity contribution in [2.75, 3.05) is 26.2 Å². The Labute approximate surface area is 323 Å². The predicted octanol–water partition coefficient (Wildman–Crippen LogP) is 5.88. The number of Topliss-reactive ketones (excluding diaryl/α,β-unsaturated/α-hetero) is 1. The van der Waals surface area contributed by atoms with Gasteiger partial charge >= 0.3 is 0 Å². The van der Waals surface area contributed by atoms with Crippen LogP contribution in [0.3, 0.4) is 0 Å². The highest BCUT2D eigenvalue weighted by atomic mass is 32.2. The highest BCUT2D eigenvalue weighted by molar-refractivity contribution is 8.11. The quantitative estimate of drug-likeness (QED) is 0.154. The molecule has 4 amide bonds. The Bertz CT molecular complexity index is 1200. The molecule has 0 aromatic carbocycles. The third-order valence-corrected chi connectivity index (χ3v) is 9.46. The van der Waals surface area contributed by atoms with Crippen molar-refractivity contribution >= 4 is 46.5 Å². The summed E-state index contributed by atoms with van der Waals surface area (Å²) in [7, 11) is 0. The number of likely N-dealkylation sites (tertiary alicyclic amines) is 1. The average molecular weight is 764 g/mol. The Morgan fingerprint density at radius 2 is 1.47 bits per heavy atom. The fourth-order valence-electron chi connectivity index (χ4n) is 5.21. The maximum absolute atomic E-state index is 13.6. The van der Waals surface area contributed by atoms with Gasteiger partial charge in [0.05, 0.1) is 19.3 Å². The maximum Gasteiger partial charge on any atom is 0.289 e. The minimum absolute atomic E-state index is 0.0622. The van der Waals surface area contributed by atoms with Crippen LogP contribution in [0.15, 0.2) is 18.6 Å². The molecule has 3 unspecified atom stereocenters. The molecule has 4 rings (SSSR count). The van der Waals surface area contributed by atoms with Crippen LogP contribution < -0.4 is 16.0 Å². The molecule has 2 heterocycles. The van der Waals surface area contributed by atoms with E-state index >= 15 is 0 Å². The molecule has 0 spiro atoms. The molecule has 1 aliphatic heterocycles. The van der Waals surface area contributed by atoms with Crippen molar-refractivity contribution in [1.82, 2.24) is 35.1 Å². The summed E-state index contributed by atoms with van der Waals surface area (Å²) in [6, 6.07) is -1.55. The summed E-state index contributed by atoms with van der Waals surface area (Å²) in [4.78, 5) is 85.3. The Hall–Kier alpha value is -3.39. The first-order valence-corrected chi connectivity index (χ1v) is 20.8. The molecule has 3 aliphatic rings. The van der Waals surface area contributed by atoms with Gasteiger partial charge in [-0.05, 0) is 43.5 Å². The van der Waals surface area contributed by atoms with Crippen LogP contribution >= 0.6 is 11.9 Å². The second kappa shape index (κ2) is 30.0. The topological polar surface area (TPSA) is 171 Å². The lowest BCUT2D eigenvalue weighted by atomic mass is 9.97. The number of amides is 4. The molecule has 2 saturated carbocycles. The number of nitrogens with zero attached hydrogens (tertiary/aromatic N) is 4. The molecule has 1 aromatic rings. The summed E-state index contributed by atoms with van der Waals surface area (Å²) in [5, 5.41) is 7.55. The maximum atomic E-state index is 13.6. The molecule has 53 heavy (non-hydrogen) atoms. The third kappa shape index (κ3) is 20.0. The Balaban J connectivity index is 0.00000179. The van der Waals surface area contributed by atoms with E-state index in [2.05, 4.69) is 39.8 Å². The van der Waals surface area contributed by atoms with Gasteiger partial charge < -0.3 is 20.9 Å². The molecule has 3 atom stereocenters. The number of carbonyl (C=O) groups is 6. The van der Waals surface area contributed by atoms with Gasteiger partial charge in [0.15, 0.2) is 0 Å². The van der Waals surface area contributed by atoms with Crippen LogP contribution in [0, 0.1) is 5.92 Å². The van der Waals surface area contributed by atoms with E-state index in [4.69, 9.17) is 0 Å². The van der Waals surface area contributed by atoms with Crippen molar-refractivity contribution in [1.29, 1.82) is 0 Å². The lowest BCUT2D eigenvalue weighted by molar-refractivity contribution is -0.140. The Morgan fingerprint density at radius 1 is 0.887 bits per heavy atom. The van der Waals surface area contributed by atoms with Crippen LogP contribution in [0.2, 0.25) is 0 Å². The summed E-state index contributed by atoms with van der Waals surface area (Å²) >= 11 is 0.846. The fraction of sp³-hybridized carbons (Fsp3) is 0.744. The largest absolute Gasteiger partial charge is 0.347 e. The Morgan fingerprint density at radius 3 is 1.96 bits per heavy atom. The Kier molecular flexibility index (Phi) is 28.1. The number of hydrogen-bond acceptors (Lipinski definition) is 10. The number of aromatic nitrogens is 2. The normalized spacial score (nSPS) is 16.9. The second-order valence-corrected chi connectivity index (χ2v) is 13.9. The van der Waals surface area contributed by atoms with Crippen molar-refractivity contribution in [2.24, 2.45) is 5.92 Å². The molecule has 0 radical (unpaired) electrons. The van der Waals surface area contributed by atoms with E-state index in [1.54, 1.807) is 6.92 Å². The summed E-state index contributed by atoms with van der Waals surface area (Å²) in [6.07, 6.45) is 17.7. The van der Waals surface area contributed by atoms with Gasteiger partial charge in [0.25, 0.3) is 11.8 Å². The summed E-state index contributed by atoms with van der Waals surface area (Å²) in [6.45, 7) is 17.9. The van der Waals surface area contributed by atoms with E-state index in [0.29, 0.717) is 32.4 Å². The van der Waals surface area contributed by atoms with Crippen molar-refractivity contribution in [3.63, 3.8) is 0 Å². The van der Waals surface area contributed by atoms with E-state index in [9.17, 15) is 28.8 Å². The first-order chi connectivity index (χ1) is 25.6. The van der Waals surface area contributed by atoms with Crippen LogP contribution in [0.1, 0.15) is 150 Å². The van der Waals surface area contributed by atoms with E-state index in [1.165, 1.54) is 72.7 Å². The number of likely N-dealkylation sites (N-methyl/N-ethyl adjacent to an activating group) is 1. The standard InChI is InChI=1S/C26H37N7O6S.C6H12.C3H8.2C2H6/c1-4-16(3)22(31-21(35)14-29-23(36)18-13-27-10-11-28-18)25(38)33-12-6-7-19(33)26(39)40-32(5-2)15-20(34)24(37)30-17-8-9-17;1-2-4-6-5-3-1;1-3-2;2*1-2/h10-11,13,16-17,19,22H,4-9,12,14-15H2,1-3H3,(H,29,36)(H,30,37)(H,31,35);1-6H2;3H2,1-2H3;2*1-2H3. The van der Waals surface area contributed by atoms with Gasteiger partial charge in [-0.25, -0.2) is 9.29 Å². The zero-order valence-electron chi connectivity index (χ0n) is 34.0. The first-order valence-electron chi connectivity index (χ1n) is 20.0. The van der Waals surface area contributed by atoms with E-state index in [1.807, 2.05) is 41.5 Å². The van der Waals surface area contributed by atoms with E-state index in [-0.39, 0.29) is 41.8 Å². The van der Waals surface area contributed by atoms with Gasteiger partial charge in [-0.3, -0.25) is 33.8 Å². The molecule has 13 nitrogen and oxygen atoms in total. The zero-order valence-corrected chi connectivity index (χ0v) is 34.8. The van der Waals surface area contributed by atoms with Crippen molar-refractivity contribution in [2.45, 2.75) is 157 Å². The van der Waals surface area contributed by atoms with Crippen molar-refractivity contribution < 1.29 is 28.8 Å². The molecular weight excluding hydrogens is 695 g/mol. The summed E-state index contributed by atoms with van der Waals surface area (Å²) in [5.41, 5.74) is 0.0622. The molecule has 0 bridgehead atoms. The predicted molar refractivity (Wildman–Crippen MR) is 213 cm³/mol. The van der Waals surface area contributed by atoms with Gasteiger partial charge in [-0.1, -0.05) is 114 Å². The minimum atomic E-state index is -0.890. The van der Waals surface area contributed by atoms with Gasteiger partial charge in [-0.2, -0.15) is 0 Å². The van der Waals surface area contributed by atoms with Crippen LogP contribution in [-0.2, 0) is 24.0 Å². The molecule has 1 aromatic heterocycles. The van der Waals surface area contributed by atoms with E-state index in [0.717, 1.165) is 24.8 Å². The van der Waals surface area contributed by atoms with Gasteiger partial charge in [0, 0.05) is 31.5 Å². The second-order valence-electron chi connectivity index (χ2n) is 12.8. The first kappa shape index (κ1) is 49.6. The highest BCUT2D eigenvalue weighted by Crippen LogP contribution is 2.27. The van der Waals surface area contributed by atoms with E-state index < -0.39 is 35.6 Å². The van der Waals surface area contributed by atoms with Crippen molar-refractivity contribution in [3.8, 4) is 0 Å². The summed E-state index contributed by atoms with van der Waals surface area (Å²) < 4.78 is 1.52. The average Bonchev–Trinajstić information content (AvgIpc) is 3.88.